The highest BCUT2D eigenvalue weighted by molar-refractivity contribution is 5.24. The standard InChI is InChI=1S/C16H21NO/c1-4-15(16-6-5-11-18-16)17-13(3)14-9-7-12(2)8-10-14/h5-11,13,15,17H,4H2,1-3H3/t13-,15?/m1/s1. The van der Waals surface area contributed by atoms with Gasteiger partial charge in [-0.2, -0.15) is 0 Å². The third-order valence-electron chi connectivity index (χ3n) is 3.32. The van der Waals surface area contributed by atoms with Gasteiger partial charge >= 0.3 is 0 Å². The van der Waals surface area contributed by atoms with Crippen LogP contribution < -0.4 is 5.32 Å². The Hall–Kier alpha value is -1.54. The van der Waals surface area contributed by atoms with Crippen molar-refractivity contribution in [3.05, 3.63) is 59.5 Å². The Balaban J connectivity index is 2.05. The molecule has 0 spiro atoms. The quantitative estimate of drug-likeness (QED) is 0.842. The van der Waals surface area contributed by atoms with Crippen LogP contribution in [0.4, 0.5) is 0 Å². The molecule has 2 atom stereocenters. The number of nitrogens with one attached hydrogen (secondary N) is 1. The van der Waals surface area contributed by atoms with Gasteiger partial charge in [-0.3, -0.25) is 0 Å². The second-order valence-electron chi connectivity index (χ2n) is 4.78. The predicted octanol–water partition coefficient (Wildman–Crippen LogP) is 4.39. The minimum absolute atomic E-state index is 0.274. The number of rotatable bonds is 5. The maximum atomic E-state index is 5.48. The summed E-state index contributed by atoms with van der Waals surface area (Å²) < 4.78 is 5.48. The SMILES string of the molecule is CCC(N[C@H](C)c1ccc(C)cc1)c1ccco1. The molecule has 2 aromatic rings. The summed E-state index contributed by atoms with van der Waals surface area (Å²) in [6.07, 6.45) is 2.75. The second-order valence-corrected chi connectivity index (χ2v) is 4.78. The number of hydrogen-bond acceptors (Lipinski definition) is 2. The van der Waals surface area contributed by atoms with Crippen LogP contribution in [0.2, 0.25) is 0 Å². The predicted molar refractivity (Wildman–Crippen MR) is 74.5 cm³/mol. The van der Waals surface area contributed by atoms with Gasteiger partial charge in [0.2, 0.25) is 0 Å². The first-order valence-electron chi connectivity index (χ1n) is 6.56. The van der Waals surface area contributed by atoms with Gasteiger partial charge in [-0.25, -0.2) is 0 Å². The van der Waals surface area contributed by atoms with E-state index in [1.165, 1.54) is 11.1 Å². The van der Waals surface area contributed by atoms with Crippen LogP contribution in [0.15, 0.2) is 47.1 Å². The summed E-state index contributed by atoms with van der Waals surface area (Å²) >= 11 is 0. The van der Waals surface area contributed by atoms with Crippen molar-refractivity contribution >= 4 is 0 Å². The van der Waals surface area contributed by atoms with Gasteiger partial charge in [0.15, 0.2) is 0 Å². The lowest BCUT2D eigenvalue weighted by molar-refractivity contribution is 0.376. The van der Waals surface area contributed by atoms with Crippen LogP contribution >= 0.6 is 0 Å². The van der Waals surface area contributed by atoms with E-state index in [2.05, 4.69) is 50.4 Å². The molecule has 1 aromatic carbocycles. The molecule has 0 aliphatic heterocycles. The fourth-order valence-electron chi connectivity index (χ4n) is 2.14. The third kappa shape index (κ3) is 3.02. The molecule has 1 unspecified atom stereocenters. The molecule has 0 fully saturated rings. The van der Waals surface area contributed by atoms with Crippen molar-refractivity contribution in [1.82, 2.24) is 5.32 Å². The van der Waals surface area contributed by atoms with E-state index in [0.717, 1.165) is 12.2 Å². The molecule has 0 aliphatic rings. The Bertz CT molecular complexity index is 458. The first-order valence-corrected chi connectivity index (χ1v) is 6.56. The van der Waals surface area contributed by atoms with Crippen molar-refractivity contribution in [2.45, 2.75) is 39.3 Å². The highest BCUT2D eigenvalue weighted by atomic mass is 16.3. The van der Waals surface area contributed by atoms with Gasteiger partial charge in [0, 0.05) is 6.04 Å². The third-order valence-corrected chi connectivity index (χ3v) is 3.32. The van der Waals surface area contributed by atoms with Crippen molar-refractivity contribution in [2.75, 3.05) is 0 Å². The molecule has 0 bridgehead atoms. The minimum Gasteiger partial charge on any atom is -0.468 e. The summed E-state index contributed by atoms with van der Waals surface area (Å²) in [6, 6.07) is 13.2. The topological polar surface area (TPSA) is 25.2 Å². The van der Waals surface area contributed by atoms with Crippen molar-refractivity contribution in [1.29, 1.82) is 0 Å². The Kier molecular flexibility index (Phi) is 4.21. The van der Waals surface area contributed by atoms with Crippen molar-refractivity contribution in [3.63, 3.8) is 0 Å². The lowest BCUT2D eigenvalue weighted by Gasteiger charge is -2.21. The van der Waals surface area contributed by atoms with E-state index in [1.54, 1.807) is 6.26 Å². The smallest absolute Gasteiger partial charge is 0.120 e. The van der Waals surface area contributed by atoms with Crippen LogP contribution in [-0.2, 0) is 0 Å². The van der Waals surface area contributed by atoms with Crippen LogP contribution in [0.25, 0.3) is 0 Å². The average Bonchev–Trinajstić information content (AvgIpc) is 2.90. The first-order chi connectivity index (χ1) is 8.70. The molecule has 0 saturated carbocycles. The molecular formula is C16H21NO. The fourth-order valence-corrected chi connectivity index (χ4v) is 2.14. The Morgan fingerprint density at radius 3 is 2.44 bits per heavy atom. The van der Waals surface area contributed by atoms with Gasteiger partial charge in [-0.1, -0.05) is 36.8 Å². The summed E-state index contributed by atoms with van der Waals surface area (Å²) in [5.41, 5.74) is 2.61. The fraction of sp³-hybridized carbons (Fsp3) is 0.375. The minimum atomic E-state index is 0.274. The highest BCUT2D eigenvalue weighted by Gasteiger charge is 2.15. The van der Waals surface area contributed by atoms with Crippen molar-refractivity contribution < 1.29 is 4.42 Å². The first kappa shape index (κ1) is 12.9. The number of aryl methyl sites for hydroxylation is 1. The van der Waals surface area contributed by atoms with E-state index in [0.29, 0.717) is 6.04 Å². The van der Waals surface area contributed by atoms with Gasteiger partial charge < -0.3 is 9.73 Å². The lowest BCUT2D eigenvalue weighted by Crippen LogP contribution is -2.23. The molecule has 0 amide bonds. The Morgan fingerprint density at radius 2 is 1.89 bits per heavy atom. The summed E-state index contributed by atoms with van der Waals surface area (Å²) in [5.74, 6) is 1.01. The highest BCUT2D eigenvalue weighted by Crippen LogP contribution is 2.22. The molecule has 1 heterocycles. The summed E-state index contributed by atoms with van der Waals surface area (Å²) in [6.45, 7) is 6.47. The van der Waals surface area contributed by atoms with Crippen LogP contribution in [0, 0.1) is 6.92 Å². The van der Waals surface area contributed by atoms with E-state index in [1.807, 2.05) is 12.1 Å². The Labute approximate surface area is 109 Å². The van der Waals surface area contributed by atoms with E-state index < -0.39 is 0 Å². The van der Waals surface area contributed by atoms with Gasteiger partial charge in [0.05, 0.1) is 12.3 Å². The molecule has 18 heavy (non-hydrogen) atoms. The van der Waals surface area contributed by atoms with Gasteiger partial charge in [0.1, 0.15) is 5.76 Å². The molecule has 0 radical (unpaired) electrons. The second kappa shape index (κ2) is 5.87. The maximum Gasteiger partial charge on any atom is 0.120 e. The zero-order valence-electron chi connectivity index (χ0n) is 11.3. The summed E-state index contributed by atoms with van der Waals surface area (Å²) in [4.78, 5) is 0. The van der Waals surface area contributed by atoms with E-state index >= 15 is 0 Å². The summed E-state index contributed by atoms with van der Waals surface area (Å²) in [7, 11) is 0. The molecule has 2 heteroatoms. The zero-order valence-corrected chi connectivity index (χ0v) is 11.3. The van der Waals surface area contributed by atoms with Crippen LogP contribution in [0.1, 0.15) is 49.2 Å². The molecule has 96 valence electrons. The van der Waals surface area contributed by atoms with E-state index in [4.69, 9.17) is 4.42 Å². The lowest BCUT2D eigenvalue weighted by atomic mass is 10.0. The Morgan fingerprint density at radius 1 is 1.17 bits per heavy atom. The van der Waals surface area contributed by atoms with Gasteiger partial charge in [-0.05, 0) is 38.0 Å². The number of hydrogen-bond donors (Lipinski definition) is 1. The van der Waals surface area contributed by atoms with Gasteiger partial charge in [-0.15, -0.1) is 0 Å². The molecule has 0 saturated heterocycles. The van der Waals surface area contributed by atoms with E-state index in [9.17, 15) is 0 Å². The van der Waals surface area contributed by atoms with Crippen LogP contribution in [0.3, 0.4) is 0 Å². The normalized spacial score (nSPS) is 14.4. The van der Waals surface area contributed by atoms with E-state index in [-0.39, 0.29) is 6.04 Å². The zero-order chi connectivity index (χ0) is 13.0. The van der Waals surface area contributed by atoms with Crippen molar-refractivity contribution in [2.24, 2.45) is 0 Å². The van der Waals surface area contributed by atoms with Crippen LogP contribution in [0.5, 0.6) is 0 Å². The number of furan rings is 1. The van der Waals surface area contributed by atoms with Gasteiger partial charge in [0.25, 0.3) is 0 Å². The average molecular weight is 243 g/mol. The molecule has 1 aromatic heterocycles. The summed E-state index contributed by atoms with van der Waals surface area (Å²) in [5, 5.41) is 3.61. The maximum absolute atomic E-state index is 5.48. The van der Waals surface area contributed by atoms with Crippen molar-refractivity contribution in [3.8, 4) is 0 Å². The molecule has 2 nitrogen and oxygen atoms in total. The van der Waals surface area contributed by atoms with Crippen LogP contribution in [-0.4, -0.2) is 0 Å². The molecule has 1 N–H and O–H groups in total. The molecule has 0 aliphatic carbocycles. The monoisotopic (exact) mass is 243 g/mol. The number of benzene rings is 1. The largest absolute Gasteiger partial charge is 0.468 e. The molecule has 2 rings (SSSR count). The molecular weight excluding hydrogens is 222 g/mol.